The van der Waals surface area contributed by atoms with E-state index in [9.17, 15) is 4.79 Å². The quantitative estimate of drug-likeness (QED) is 0.877. The van der Waals surface area contributed by atoms with Crippen LogP contribution in [0.3, 0.4) is 0 Å². The summed E-state index contributed by atoms with van der Waals surface area (Å²) in [6.07, 6.45) is 0.834. The summed E-state index contributed by atoms with van der Waals surface area (Å²) in [6.45, 7) is 4.35. The molecule has 0 bridgehead atoms. The summed E-state index contributed by atoms with van der Waals surface area (Å²) >= 11 is 0. The fourth-order valence-electron chi connectivity index (χ4n) is 2.20. The number of carbonyl (C=O) groups excluding carboxylic acids is 1. The molecule has 2 unspecified atom stereocenters. The summed E-state index contributed by atoms with van der Waals surface area (Å²) in [5.41, 5.74) is 6.88. The van der Waals surface area contributed by atoms with Gasteiger partial charge in [0.1, 0.15) is 0 Å². The lowest BCUT2D eigenvalue weighted by molar-refractivity contribution is -0.125. The number of amides is 1. The highest BCUT2D eigenvalue weighted by Gasteiger charge is 2.16. The lowest BCUT2D eigenvalue weighted by Crippen LogP contribution is -2.36. The summed E-state index contributed by atoms with van der Waals surface area (Å²) in [4.78, 5) is 12.0. The zero-order chi connectivity index (χ0) is 14.5. The lowest BCUT2D eigenvalue weighted by atomic mass is 10.0. The molecule has 0 aliphatic carbocycles. The number of hydrogen-bond donors (Lipinski definition) is 2. The van der Waals surface area contributed by atoms with Crippen LogP contribution in [-0.4, -0.2) is 12.5 Å². The van der Waals surface area contributed by atoms with Crippen molar-refractivity contribution in [2.75, 3.05) is 6.54 Å². The SMILES string of the molecule is CCC(C)C(=O)NC(CN)c1ccc2ccccc2c1. The molecule has 0 radical (unpaired) electrons. The van der Waals surface area contributed by atoms with Crippen LogP contribution in [-0.2, 0) is 4.79 Å². The number of nitrogens with two attached hydrogens (primary N) is 1. The maximum Gasteiger partial charge on any atom is 0.223 e. The van der Waals surface area contributed by atoms with Gasteiger partial charge in [0.15, 0.2) is 0 Å². The van der Waals surface area contributed by atoms with Crippen LogP contribution < -0.4 is 11.1 Å². The van der Waals surface area contributed by atoms with Gasteiger partial charge in [0, 0.05) is 12.5 Å². The second-order valence-electron chi connectivity index (χ2n) is 5.21. The van der Waals surface area contributed by atoms with Gasteiger partial charge >= 0.3 is 0 Å². The Bertz CT molecular complexity index is 594. The maximum absolute atomic E-state index is 12.0. The molecule has 3 heteroatoms. The van der Waals surface area contributed by atoms with Crippen molar-refractivity contribution in [1.82, 2.24) is 5.32 Å². The van der Waals surface area contributed by atoms with Crippen LogP contribution in [0.2, 0.25) is 0 Å². The van der Waals surface area contributed by atoms with Crippen LogP contribution in [0, 0.1) is 5.92 Å². The molecule has 0 aromatic heterocycles. The lowest BCUT2D eigenvalue weighted by Gasteiger charge is -2.20. The third-order valence-electron chi connectivity index (χ3n) is 3.79. The Morgan fingerprint density at radius 3 is 2.55 bits per heavy atom. The largest absolute Gasteiger partial charge is 0.348 e. The number of benzene rings is 2. The van der Waals surface area contributed by atoms with Gasteiger partial charge in [-0.25, -0.2) is 0 Å². The molecule has 0 spiro atoms. The van der Waals surface area contributed by atoms with Crippen molar-refractivity contribution < 1.29 is 4.79 Å². The summed E-state index contributed by atoms with van der Waals surface area (Å²) in [5.74, 6) is 0.0839. The summed E-state index contributed by atoms with van der Waals surface area (Å²) < 4.78 is 0. The number of carbonyl (C=O) groups is 1. The molecule has 2 aromatic carbocycles. The minimum atomic E-state index is -0.124. The van der Waals surface area contributed by atoms with E-state index in [1.54, 1.807) is 0 Å². The minimum Gasteiger partial charge on any atom is -0.348 e. The summed E-state index contributed by atoms with van der Waals surface area (Å²) in [6, 6.07) is 14.3. The highest BCUT2D eigenvalue weighted by atomic mass is 16.1. The normalized spacial score (nSPS) is 13.9. The van der Waals surface area contributed by atoms with E-state index in [1.165, 1.54) is 10.8 Å². The Morgan fingerprint density at radius 1 is 1.20 bits per heavy atom. The summed E-state index contributed by atoms with van der Waals surface area (Å²) in [7, 11) is 0. The first-order chi connectivity index (χ1) is 9.65. The first-order valence-corrected chi connectivity index (χ1v) is 7.14. The average Bonchev–Trinajstić information content (AvgIpc) is 2.51. The van der Waals surface area contributed by atoms with Crippen LogP contribution >= 0.6 is 0 Å². The van der Waals surface area contributed by atoms with Gasteiger partial charge in [-0.1, -0.05) is 50.2 Å². The molecule has 0 aliphatic rings. The molecule has 2 rings (SSSR count). The van der Waals surface area contributed by atoms with Crippen molar-refractivity contribution in [2.45, 2.75) is 26.3 Å². The van der Waals surface area contributed by atoms with E-state index in [4.69, 9.17) is 5.73 Å². The number of nitrogens with one attached hydrogen (secondary N) is 1. The smallest absolute Gasteiger partial charge is 0.223 e. The molecular weight excluding hydrogens is 248 g/mol. The van der Waals surface area contributed by atoms with Gasteiger partial charge in [0.05, 0.1) is 6.04 Å². The molecule has 2 atom stereocenters. The molecule has 2 aromatic rings. The zero-order valence-electron chi connectivity index (χ0n) is 12.1. The molecule has 20 heavy (non-hydrogen) atoms. The highest BCUT2D eigenvalue weighted by Crippen LogP contribution is 2.20. The van der Waals surface area contributed by atoms with Crippen molar-refractivity contribution in [3.63, 3.8) is 0 Å². The molecule has 3 N–H and O–H groups in total. The average molecular weight is 270 g/mol. The minimum absolute atomic E-state index is 0.0181. The second kappa shape index (κ2) is 6.53. The molecule has 0 aliphatic heterocycles. The molecule has 1 amide bonds. The van der Waals surface area contributed by atoms with Crippen LogP contribution in [0.4, 0.5) is 0 Å². The fraction of sp³-hybridized carbons (Fsp3) is 0.353. The first-order valence-electron chi connectivity index (χ1n) is 7.14. The predicted octanol–water partition coefficient (Wildman–Crippen LogP) is 3.00. The third-order valence-corrected chi connectivity index (χ3v) is 3.79. The van der Waals surface area contributed by atoms with Crippen LogP contribution in [0.25, 0.3) is 10.8 Å². The van der Waals surface area contributed by atoms with Gasteiger partial charge in [0.2, 0.25) is 5.91 Å². The number of rotatable bonds is 5. The highest BCUT2D eigenvalue weighted by molar-refractivity contribution is 5.83. The maximum atomic E-state index is 12.0. The Kier molecular flexibility index (Phi) is 4.74. The topological polar surface area (TPSA) is 55.1 Å². The predicted molar refractivity (Wildman–Crippen MR) is 83.3 cm³/mol. The molecule has 106 valence electrons. The van der Waals surface area contributed by atoms with E-state index in [-0.39, 0.29) is 17.9 Å². The third kappa shape index (κ3) is 3.17. The molecule has 0 fully saturated rings. The van der Waals surface area contributed by atoms with Gasteiger partial charge < -0.3 is 11.1 Å². The molecule has 0 saturated heterocycles. The van der Waals surface area contributed by atoms with Crippen LogP contribution in [0.1, 0.15) is 31.9 Å². The molecule has 3 nitrogen and oxygen atoms in total. The molecule has 0 saturated carbocycles. The summed E-state index contributed by atoms with van der Waals surface area (Å²) in [5, 5.41) is 5.40. The Hall–Kier alpha value is -1.87. The van der Waals surface area contributed by atoms with Gasteiger partial charge in [-0.3, -0.25) is 4.79 Å². The van der Waals surface area contributed by atoms with Crippen LogP contribution in [0.15, 0.2) is 42.5 Å². The number of hydrogen-bond acceptors (Lipinski definition) is 2. The van der Waals surface area contributed by atoms with Crippen molar-refractivity contribution in [3.8, 4) is 0 Å². The molecular formula is C17H22N2O. The van der Waals surface area contributed by atoms with E-state index < -0.39 is 0 Å². The Morgan fingerprint density at radius 2 is 1.90 bits per heavy atom. The van der Waals surface area contributed by atoms with Crippen molar-refractivity contribution in [1.29, 1.82) is 0 Å². The molecule has 0 heterocycles. The van der Waals surface area contributed by atoms with E-state index in [0.717, 1.165) is 12.0 Å². The van der Waals surface area contributed by atoms with E-state index >= 15 is 0 Å². The van der Waals surface area contributed by atoms with Gasteiger partial charge in [0.25, 0.3) is 0 Å². The first kappa shape index (κ1) is 14.5. The van der Waals surface area contributed by atoms with E-state index in [2.05, 4.69) is 29.6 Å². The van der Waals surface area contributed by atoms with Crippen molar-refractivity contribution in [2.24, 2.45) is 11.7 Å². The Labute approximate surface area is 120 Å². The standard InChI is InChI=1S/C17H22N2O/c1-3-12(2)17(20)19-16(11-18)15-9-8-13-6-4-5-7-14(13)10-15/h4-10,12,16H,3,11,18H2,1-2H3,(H,19,20). The fourth-order valence-corrected chi connectivity index (χ4v) is 2.20. The van der Waals surface area contributed by atoms with Crippen LogP contribution in [0.5, 0.6) is 0 Å². The van der Waals surface area contributed by atoms with Crippen molar-refractivity contribution in [3.05, 3.63) is 48.0 Å². The monoisotopic (exact) mass is 270 g/mol. The number of fused-ring (bicyclic) bond motifs is 1. The van der Waals surface area contributed by atoms with E-state index in [1.807, 2.05) is 32.0 Å². The van der Waals surface area contributed by atoms with Crippen molar-refractivity contribution >= 4 is 16.7 Å². The zero-order valence-corrected chi connectivity index (χ0v) is 12.1. The van der Waals surface area contributed by atoms with Gasteiger partial charge in [-0.15, -0.1) is 0 Å². The van der Waals surface area contributed by atoms with Gasteiger partial charge in [-0.2, -0.15) is 0 Å². The van der Waals surface area contributed by atoms with E-state index in [0.29, 0.717) is 6.54 Å². The second-order valence-corrected chi connectivity index (χ2v) is 5.21. The van der Waals surface area contributed by atoms with Gasteiger partial charge in [-0.05, 0) is 28.8 Å². The Balaban J connectivity index is 2.23.